The molecule has 2 N–H and O–H groups in total. The van der Waals surface area contributed by atoms with Crippen molar-refractivity contribution in [1.29, 1.82) is 0 Å². The lowest BCUT2D eigenvalue weighted by Gasteiger charge is -2.10. The summed E-state index contributed by atoms with van der Waals surface area (Å²) in [5, 5.41) is 11.7. The van der Waals surface area contributed by atoms with E-state index in [0.717, 1.165) is 11.6 Å². The van der Waals surface area contributed by atoms with Crippen molar-refractivity contribution in [3.63, 3.8) is 0 Å². The zero-order valence-corrected chi connectivity index (χ0v) is 22.8. The summed E-state index contributed by atoms with van der Waals surface area (Å²) in [5.41, 5.74) is 1.95. The van der Waals surface area contributed by atoms with Crippen LogP contribution < -0.4 is 0 Å². The normalized spacial score (nSPS) is 12.1. The third kappa shape index (κ3) is 7.85. The molecule has 3 aromatic rings. The Balaban J connectivity index is 0.000000346. The van der Waals surface area contributed by atoms with Crippen LogP contribution in [0.25, 0.3) is 0 Å². The predicted molar refractivity (Wildman–Crippen MR) is 133 cm³/mol. The van der Waals surface area contributed by atoms with Crippen molar-refractivity contribution >= 4 is 41.8 Å². The summed E-state index contributed by atoms with van der Waals surface area (Å²) in [6, 6.07) is 14.4. The topological polar surface area (TPSA) is 161 Å². The van der Waals surface area contributed by atoms with Gasteiger partial charge in [-0.25, -0.2) is 22.1 Å². The van der Waals surface area contributed by atoms with E-state index < -0.39 is 34.7 Å². The van der Waals surface area contributed by atoms with Crippen molar-refractivity contribution in [1.82, 2.24) is 0 Å². The molecule has 0 aliphatic carbocycles. The van der Waals surface area contributed by atoms with Gasteiger partial charge in [0.2, 0.25) is 9.84 Å². The highest BCUT2D eigenvalue weighted by molar-refractivity contribution is 7.94. The molecule has 0 aliphatic rings. The minimum Gasteiger partial charge on any atom is -0.282 e. The van der Waals surface area contributed by atoms with E-state index in [9.17, 15) is 29.8 Å². The maximum Gasteiger partial charge on any atom is 0.294 e. The SMILES string of the molecule is Cc1ccc(S(=O)(=O)c2ccc(C)c(S(=O)(=O)O)c2)cc1SOOO.Cc1ccc(S(C)(=O)=O)cc1. The Labute approximate surface area is 214 Å². The fourth-order valence-corrected chi connectivity index (χ4v) is 6.16. The van der Waals surface area contributed by atoms with Gasteiger partial charge in [0.05, 0.1) is 31.6 Å². The van der Waals surface area contributed by atoms with Gasteiger partial charge in [0.25, 0.3) is 10.1 Å². The van der Waals surface area contributed by atoms with Crippen LogP contribution in [0.4, 0.5) is 0 Å². The zero-order chi connectivity index (χ0) is 27.3. The van der Waals surface area contributed by atoms with Crippen LogP contribution in [-0.2, 0) is 39.2 Å². The molecule has 0 bridgehead atoms. The molecule has 14 heteroatoms. The third-order valence-corrected chi connectivity index (χ3v) is 9.44. The quantitative estimate of drug-likeness (QED) is 0.179. The average Bonchev–Trinajstić information content (AvgIpc) is 2.78. The van der Waals surface area contributed by atoms with Gasteiger partial charge in [-0.15, -0.1) is 4.33 Å². The minimum atomic E-state index is -4.56. The Bertz CT molecular complexity index is 1540. The first-order valence-corrected chi connectivity index (χ1v) is 15.5. The fourth-order valence-electron chi connectivity index (χ4n) is 2.84. The summed E-state index contributed by atoms with van der Waals surface area (Å²) in [5.74, 6) is 0. The van der Waals surface area contributed by atoms with E-state index in [-0.39, 0.29) is 15.4 Å². The van der Waals surface area contributed by atoms with E-state index in [2.05, 4.69) is 9.37 Å². The van der Waals surface area contributed by atoms with Crippen molar-refractivity contribution in [2.24, 2.45) is 0 Å². The summed E-state index contributed by atoms with van der Waals surface area (Å²) in [4.78, 5) is -0.134. The minimum absolute atomic E-state index is 0.118. The average molecular weight is 577 g/mol. The van der Waals surface area contributed by atoms with Crippen LogP contribution in [-0.4, -0.2) is 41.3 Å². The van der Waals surface area contributed by atoms with Crippen molar-refractivity contribution in [3.8, 4) is 0 Å². The monoisotopic (exact) mass is 576 g/mol. The fraction of sp³-hybridized carbons (Fsp3) is 0.182. The molecule has 0 radical (unpaired) electrons. The summed E-state index contributed by atoms with van der Waals surface area (Å²) >= 11 is 0.610. The molecule has 0 heterocycles. The van der Waals surface area contributed by atoms with Gasteiger partial charge in [0.15, 0.2) is 9.84 Å². The molecule has 0 aliphatic heterocycles. The molecule has 0 amide bonds. The standard InChI is InChI=1S/C14H14O8S3.C8H10O2S/c1-9-3-5-11(7-13(9)23-22-21-15)24(16,17)12-6-4-10(2)14(8-12)25(18,19)20;1-7-3-5-8(6-4-7)11(2,9)10/h3-8,15H,1-2H3,(H,18,19,20);3-6H,1-2H3. The van der Waals surface area contributed by atoms with Crippen LogP contribution in [0.15, 0.2) is 85.1 Å². The number of hydrogen-bond acceptors (Lipinski definition) is 10. The highest BCUT2D eigenvalue weighted by atomic mass is 32.2. The first-order valence-electron chi connectivity index (χ1n) is 9.92. The lowest BCUT2D eigenvalue weighted by molar-refractivity contribution is -0.432. The number of rotatable bonds is 7. The predicted octanol–water partition coefficient (Wildman–Crippen LogP) is 4.21. The van der Waals surface area contributed by atoms with E-state index in [4.69, 9.17) is 5.26 Å². The molecule has 0 unspecified atom stereocenters. The maximum atomic E-state index is 12.8. The van der Waals surface area contributed by atoms with Crippen molar-refractivity contribution in [2.75, 3.05) is 6.26 Å². The highest BCUT2D eigenvalue weighted by Crippen LogP contribution is 2.30. The molecule has 0 spiro atoms. The van der Waals surface area contributed by atoms with Gasteiger partial charge in [0, 0.05) is 11.2 Å². The van der Waals surface area contributed by atoms with Crippen LogP contribution in [0.2, 0.25) is 0 Å². The Morgan fingerprint density at radius 2 is 1.22 bits per heavy atom. The molecule has 0 atom stereocenters. The highest BCUT2D eigenvalue weighted by Gasteiger charge is 2.23. The summed E-state index contributed by atoms with van der Waals surface area (Å²) in [7, 11) is -11.6. The van der Waals surface area contributed by atoms with Crippen LogP contribution >= 0.6 is 12.0 Å². The van der Waals surface area contributed by atoms with E-state index in [1.807, 2.05) is 6.92 Å². The molecule has 3 aromatic carbocycles. The molecular weight excluding hydrogens is 553 g/mol. The van der Waals surface area contributed by atoms with E-state index >= 15 is 0 Å². The van der Waals surface area contributed by atoms with Gasteiger partial charge >= 0.3 is 0 Å². The van der Waals surface area contributed by atoms with Gasteiger partial charge in [-0.2, -0.15) is 8.42 Å². The van der Waals surface area contributed by atoms with Crippen molar-refractivity contribution in [2.45, 2.75) is 45.2 Å². The molecule has 0 aromatic heterocycles. The Kier molecular flexibility index (Phi) is 9.84. The second-order valence-electron chi connectivity index (χ2n) is 7.64. The molecule has 0 saturated heterocycles. The molecule has 0 saturated carbocycles. The molecule has 196 valence electrons. The van der Waals surface area contributed by atoms with E-state index in [0.29, 0.717) is 27.4 Å². The maximum absolute atomic E-state index is 12.8. The Morgan fingerprint density at radius 3 is 1.72 bits per heavy atom. The Hall–Kier alpha value is -2.30. The van der Waals surface area contributed by atoms with E-state index in [1.54, 1.807) is 31.2 Å². The molecule has 3 rings (SSSR count). The van der Waals surface area contributed by atoms with Gasteiger partial charge in [-0.1, -0.05) is 34.9 Å². The van der Waals surface area contributed by atoms with Crippen LogP contribution in [0.1, 0.15) is 16.7 Å². The first-order chi connectivity index (χ1) is 16.6. The summed E-state index contributed by atoms with van der Waals surface area (Å²) < 4.78 is 83.7. The lowest BCUT2D eigenvalue weighted by Crippen LogP contribution is -2.07. The van der Waals surface area contributed by atoms with Crippen LogP contribution in [0, 0.1) is 20.8 Å². The van der Waals surface area contributed by atoms with E-state index in [1.165, 1.54) is 43.5 Å². The van der Waals surface area contributed by atoms with Crippen molar-refractivity contribution in [3.05, 3.63) is 77.4 Å². The zero-order valence-electron chi connectivity index (χ0n) is 19.6. The van der Waals surface area contributed by atoms with Gasteiger partial charge in [-0.05, 0) is 68.3 Å². The second kappa shape index (κ2) is 11.8. The number of benzene rings is 3. The second-order valence-corrected chi connectivity index (χ2v) is 13.7. The van der Waals surface area contributed by atoms with Crippen LogP contribution in [0.3, 0.4) is 0 Å². The molecule has 36 heavy (non-hydrogen) atoms. The van der Waals surface area contributed by atoms with Gasteiger partial charge in [-0.3, -0.25) is 4.55 Å². The number of hydrogen-bond donors (Lipinski definition) is 2. The van der Waals surface area contributed by atoms with Gasteiger partial charge in [0.1, 0.15) is 0 Å². The van der Waals surface area contributed by atoms with Crippen molar-refractivity contribution < 1.29 is 44.4 Å². The Morgan fingerprint density at radius 1 is 0.722 bits per heavy atom. The molecule has 0 fully saturated rings. The van der Waals surface area contributed by atoms with Crippen LogP contribution in [0.5, 0.6) is 0 Å². The first kappa shape index (κ1) is 29.9. The third-order valence-electron chi connectivity index (χ3n) is 4.82. The number of aryl methyl sites for hydroxylation is 3. The lowest BCUT2D eigenvalue weighted by atomic mass is 10.2. The molecular formula is C22H24O10S4. The largest absolute Gasteiger partial charge is 0.294 e. The van der Waals surface area contributed by atoms with Gasteiger partial charge < -0.3 is 0 Å². The summed E-state index contributed by atoms with van der Waals surface area (Å²) in [6.45, 7) is 5.06. The molecule has 10 nitrogen and oxygen atoms in total. The summed E-state index contributed by atoms with van der Waals surface area (Å²) in [6.07, 6.45) is 1.21. The smallest absolute Gasteiger partial charge is 0.282 e. The number of sulfone groups is 2.